The molecular weight excluding hydrogens is 426 g/mol. The van der Waals surface area contributed by atoms with E-state index < -0.39 is 35.2 Å². The van der Waals surface area contributed by atoms with Gasteiger partial charge in [0.2, 0.25) is 11.8 Å². The van der Waals surface area contributed by atoms with E-state index in [0.717, 1.165) is 16.7 Å². The van der Waals surface area contributed by atoms with E-state index in [1.165, 1.54) is 4.90 Å². The quantitative estimate of drug-likeness (QED) is 0.533. The molecule has 0 heterocycles. The van der Waals surface area contributed by atoms with Gasteiger partial charge in [-0.05, 0) is 73.4 Å². The third-order valence-corrected chi connectivity index (χ3v) is 4.95. The zero-order chi connectivity index (χ0) is 24.9. The normalized spacial score (nSPS) is 13.7. The van der Waals surface area contributed by atoms with Crippen LogP contribution in [0.4, 0.5) is 4.79 Å². The number of benzene rings is 1. The van der Waals surface area contributed by atoms with Crippen LogP contribution in [0.5, 0.6) is 0 Å². The zero-order valence-electron chi connectivity index (χ0n) is 20.8. The summed E-state index contributed by atoms with van der Waals surface area (Å²) in [5.74, 6) is -0.616. The average molecular weight is 466 g/mol. The monoisotopic (exact) mass is 465 g/mol. The van der Waals surface area contributed by atoms with Crippen molar-refractivity contribution in [3.63, 3.8) is 0 Å². The minimum atomic E-state index is -0.941. The van der Waals surface area contributed by atoms with Crippen molar-refractivity contribution in [2.75, 3.05) is 12.3 Å². The summed E-state index contributed by atoms with van der Waals surface area (Å²) in [4.78, 5) is 40.7. The Bertz CT molecular complexity index is 828. The SMILES string of the molecule is CCN(C(=O)C(CS)NC(=O)OC(C)(C)C)C(C(=O)NC(C)(C)C)c1cc(C)ccc1C. The molecule has 3 amide bonds. The van der Waals surface area contributed by atoms with Gasteiger partial charge in [-0.2, -0.15) is 12.6 Å². The lowest BCUT2D eigenvalue weighted by molar-refractivity contribution is -0.142. The molecule has 0 spiro atoms. The van der Waals surface area contributed by atoms with E-state index in [1.807, 2.05) is 59.7 Å². The molecular formula is C24H39N3O4S. The zero-order valence-corrected chi connectivity index (χ0v) is 21.7. The van der Waals surface area contributed by atoms with Crippen LogP contribution < -0.4 is 10.6 Å². The van der Waals surface area contributed by atoms with E-state index in [-0.39, 0.29) is 18.2 Å². The minimum Gasteiger partial charge on any atom is -0.444 e. The summed E-state index contributed by atoms with van der Waals surface area (Å²) in [5, 5.41) is 5.60. The molecule has 32 heavy (non-hydrogen) atoms. The Kier molecular flexibility index (Phi) is 9.63. The Balaban J connectivity index is 3.37. The summed E-state index contributed by atoms with van der Waals surface area (Å²) >= 11 is 4.27. The van der Waals surface area contributed by atoms with Crippen LogP contribution >= 0.6 is 12.6 Å². The Morgan fingerprint density at radius 2 is 1.69 bits per heavy atom. The molecule has 0 saturated carbocycles. The van der Waals surface area contributed by atoms with Crippen molar-refractivity contribution in [1.29, 1.82) is 0 Å². The number of ether oxygens (including phenoxy) is 1. The summed E-state index contributed by atoms with van der Waals surface area (Å²) in [6, 6.07) is 4.04. The van der Waals surface area contributed by atoms with E-state index in [9.17, 15) is 14.4 Å². The van der Waals surface area contributed by atoms with Crippen LogP contribution in [-0.2, 0) is 14.3 Å². The maximum Gasteiger partial charge on any atom is 0.408 e. The highest BCUT2D eigenvalue weighted by atomic mass is 32.1. The molecule has 0 aliphatic heterocycles. The maximum atomic E-state index is 13.5. The Labute approximate surface area is 198 Å². The summed E-state index contributed by atoms with van der Waals surface area (Å²) < 4.78 is 5.29. The van der Waals surface area contributed by atoms with Crippen LogP contribution in [0.25, 0.3) is 0 Å². The fourth-order valence-corrected chi connectivity index (χ4v) is 3.49. The predicted octanol–water partition coefficient (Wildman–Crippen LogP) is 3.93. The first-order valence-corrected chi connectivity index (χ1v) is 11.5. The molecule has 8 heteroatoms. The van der Waals surface area contributed by atoms with Gasteiger partial charge in [-0.15, -0.1) is 0 Å². The molecule has 0 radical (unpaired) electrons. The van der Waals surface area contributed by atoms with Crippen molar-refractivity contribution in [3.8, 4) is 0 Å². The van der Waals surface area contributed by atoms with Crippen molar-refractivity contribution >= 4 is 30.5 Å². The van der Waals surface area contributed by atoms with Gasteiger partial charge in [0.1, 0.15) is 17.7 Å². The molecule has 1 rings (SSSR count). The largest absolute Gasteiger partial charge is 0.444 e. The number of hydrogen-bond acceptors (Lipinski definition) is 5. The smallest absolute Gasteiger partial charge is 0.408 e. The number of hydrogen-bond donors (Lipinski definition) is 3. The van der Waals surface area contributed by atoms with Crippen LogP contribution in [0.15, 0.2) is 18.2 Å². The number of nitrogens with one attached hydrogen (secondary N) is 2. The van der Waals surface area contributed by atoms with E-state index >= 15 is 0 Å². The summed E-state index contributed by atoms with van der Waals surface area (Å²) in [6.45, 7) is 16.9. The lowest BCUT2D eigenvalue weighted by Gasteiger charge is -2.35. The molecule has 0 aliphatic carbocycles. The second-order valence-electron chi connectivity index (χ2n) is 10.0. The molecule has 7 nitrogen and oxygen atoms in total. The molecule has 1 aromatic carbocycles. The Morgan fingerprint density at radius 1 is 1.09 bits per heavy atom. The van der Waals surface area contributed by atoms with Gasteiger partial charge in [0, 0.05) is 17.8 Å². The van der Waals surface area contributed by atoms with Crippen molar-refractivity contribution in [2.45, 2.75) is 85.5 Å². The van der Waals surface area contributed by atoms with Crippen LogP contribution in [0.3, 0.4) is 0 Å². The molecule has 2 atom stereocenters. The summed E-state index contributed by atoms with van der Waals surface area (Å²) in [7, 11) is 0. The van der Waals surface area contributed by atoms with E-state index in [2.05, 4.69) is 23.3 Å². The number of likely N-dealkylation sites (N-methyl/N-ethyl adjacent to an activating group) is 1. The van der Waals surface area contributed by atoms with Crippen molar-refractivity contribution in [2.24, 2.45) is 0 Å². The van der Waals surface area contributed by atoms with Gasteiger partial charge in [0.25, 0.3) is 0 Å². The highest BCUT2D eigenvalue weighted by Gasteiger charge is 2.36. The molecule has 0 aliphatic rings. The summed E-state index contributed by atoms with van der Waals surface area (Å²) in [5.41, 5.74) is 1.45. The highest BCUT2D eigenvalue weighted by Crippen LogP contribution is 2.27. The second kappa shape index (κ2) is 11.1. The van der Waals surface area contributed by atoms with Crippen LogP contribution in [0.1, 0.15) is 71.2 Å². The third kappa shape index (κ3) is 8.37. The number of alkyl carbamates (subject to hydrolysis) is 1. The summed E-state index contributed by atoms with van der Waals surface area (Å²) in [6.07, 6.45) is -0.705. The molecule has 180 valence electrons. The third-order valence-electron chi connectivity index (χ3n) is 4.58. The standard InChI is InChI=1S/C24H39N3O4S/c1-10-27(21(29)18(14-32)25-22(30)31-24(7,8)9)19(20(28)26-23(4,5)6)17-13-15(2)11-12-16(17)3/h11-13,18-19,32H,10,14H2,1-9H3,(H,25,30)(H,26,28). The molecule has 2 N–H and O–H groups in total. The first kappa shape index (κ1) is 27.8. The maximum absolute atomic E-state index is 13.5. The highest BCUT2D eigenvalue weighted by molar-refractivity contribution is 7.80. The van der Waals surface area contributed by atoms with Crippen molar-refractivity contribution < 1.29 is 19.1 Å². The molecule has 1 aromatic rings. The predicted molar refractivity (Wildman–Crippen MR) is 131 cm³/mol. The minimum absolute atomic E-state index is 0.0645. The topological polar surface area (TPSA) is 87.7 Å². The van der Waals surface area contributed by atoms with Gasteiger partial charge in [0.15, 0.2) is 0 Å². The first-order chi connectivity index (χ1) is 14.6. The van der Waals surface area contributed by atoms with Crippen LogP contribution in [0.2, 0.25) is 0 Å². The molecule has 0 bridgehead atoms. The molecule has 0 saturated heterocycles. The van der Waals surface area contributed by atoms with Gasteiger partial charge in [-0.1, -0.05) is 23.8 Å². The molecule has 0 fully saturated rings. The second-order valence-corrected chi connectivity index (χ2v) is 10.4. The fourth-order valence-electron chi connectivity index (χ4n) is 3.24. The van der Waals surface area contributed by atoms with Gasteiger partial charge in [-0.25, -0.2) is 4.79 Å². The van der Waals surface area contributed by atoms with Crippen LogP contribution in [0, 0.1) is 13.8 Å². The van der Waals surface area contributed by atoms with E-state index in [1.54, 1.807) is 20.8 Å². The molecule has 2 unspecified atom stereocenters. The van der Waals surface area contributed by atoms with Gasteiger partial charge in [0.05, 0.1) is 0 Å². The van der Waals surface area contributed by atoms with E-state index in [4.69, 9.17) is 4.74 Å². The number of carbonyl (C=O) groups excluding carboxylic acids is 3. The molecule has 0 aromatic heterocycles. The van der Waals surface area contributed by atoms with Crippen molar-refractivity contribution in [3.05, 3.63) is 34.9 Å². The Hall–Kier alpha value is -2.22. The number of rotatable bonds is 7. The number of nitrogens with zero attached hydrogens (tertiary/aromatic N) is 1. The number of aryl methyl sites for hydroxylation is 2. The van der Waals surface area contributed by atoms with Gasteiger partial charge < -0.3 is 20.3 Å². The lowest BCUT2D eigenvalue weighted by atomic mass is 9.95. The first-order valence-electron chi connectivity index (χ1n) is 10.9. The van der Waals surface area contributed by atoms with Gasteiger partial charge >= 0.3 is 6.09 Å². The number of thiol groups is 1. The fraction of sp³-hybridized carbons (Fsp3) is 0.625. The number of amides is 3. The average Bonchev–Trinajstić information content (AvgIpc) is 2.62. The van der Waals surface area contributed by atoms with Crippen LogP contribution in [-0.4, -0.2) is 52.3 Å². The van der Waals surface area contributed by atoms with Crippen molar-refractivity contribution in [1.82, 2.24) is 15.5 Å². The van der Waals surface area contributed by atoms with Gasteiger partial charge in [-0.3, -0.25) is 9.59 Å². The Morgan fingerprint density at radius 3 is 2.16 bits per heavy atom. The lowest BCUT2D eigenvalue weighted by Crippen LogP contribution is -2.55. The number of carbonyl (C=O) groups is 3. The van der Waals surface area contributed by atoms with E-state index in [0.29, 0.717) is 0 Å².